The van der Waals surface area contributed by atoms with E-state index in [-0.39, 0.29) is 11.8 Å². The molecule has 0 radical (unpaired) electrons. The monoisotopic (exact) mass is 217 g/mol. The predicted molar refractivity (Wildman–Crippen MR) is 58.8 cm³/mol. The molecule has 1 heterocycles. The standard InChI is InChI=1S/C12H11NO3/c1-16-8-9-4-2-3-5-10(9)13-11(14)6-7-12(13)15/h2-7H,8H2,1H3. The van der Waals surface area contributed by atoms with Crippen LogP contribution < -0.4 is 4.90 Å². The first kappa shape index (κ1) is 10.6. The Morgan fingerprint density at radius 2 is 1.75 bits per heavy atom. The Labute approximate surface area is 93.1 Å². The lowest BCUT2D eigenvalue weighted by atomic mass is 10.1. The zero-order valence-corrected chi connectivity index (χ0v) is 8.84. The van der Waals surface area contributed by atoms with Crippen LogP contribution in [0, 0.1) is 0 Å². The van der Waals surface area contributed by atoms with Gasteiger partial charge in [-0.2, -0.15) is 0 Å². The Hall–Kier alpha value is -1.94. The molecule has 0 spiro atoms. The van der Waals surface area contributed by atoms with Gasteiger partial charge in [0, 0.05) is 24.8 Å². The molecular weight excluding hydrogens is 206 g/mol. The van der Waals surface area contributed by atoms with E-state index in [9.17, 15) is 9.59 Å². The fourth-order valence-electron chi connectivity index (χ4n) is 1.64. The molecule has 1 aromatic rings. The van der Waals surface area contributed by atoms with E-state index in [4.69, 9.17) is 4.74 Å². The summed E-state index contributed by atoms with van der Waals surface area (Å²) in [7, 11) is 1.57. The average Bonchev–Trinajstić information content (AvgIpc) is 2.60. The number of carbonyl (C=O) groups is 2. The Morgan fingerprint density at radius 1 is 1.12 bits per heavy atom. The Balaban J connectivity index is 2.40. The Bertz CT molecular complexity index is 447. The molecule has 0 aliphatic carbocycles. The highest BCUT2D eigenvalue weighted by Gasteiger charge is 2.26. The first-order chi connectivity index (χ1) is 7.74. The van der Waals surface area contributed by atoms with Crippen LogP contribution in [0.2, 0.25) is 0 Å². The largest absolute Gasteiger partial charge is 0.380 e. The lowest BCUT2D eigenvalue weighted by Crippen LogP contribution is -2.30. The fraction of sp³-hybridized carbons (Fsp3) is 0.167. The molecule has 16 heavy (non-hydrogen) atoms. The number of methoxy groups -OCH3 is 1. The molecule has 0 fully saturated rings. The highest BCUT2D eigenvalue weighted by atomic mass is 16.5. The summed E-state index contributed by atoms with van der Waals surface area (Å²) in [6.07, 6.45) is 2.54. The zero-order chi connectivity index (χ0) is 11.5. The number of amides is 2. The van der Waals surface area contributed by atoms with E-state index in [1.165, 1.54) is 12.2 Å². The number of ether oxygens (including phenoxy) is 1. The van der Waals surface area contributed by atoms with E-state index >= 15 is 0 Å². The summed E-state index contributed by atoms with van der Waals surface area (Å²) in [5.74, 6) is -0.623. The van der Waals surface area contributed by atoms with E-state index in [0.717, 1.165) is 10.5 Å². The topological polar surface area (TPSA) is 46.6 Å². The van der Waals surface area contributed by atoms with Gasteiger partial charge in [-0.15, -0.1) is 0 Å². The van der Waals surface area contributed by atoms with Crippen LogP contribution in [-0.4, -0.2) is 18.9 Å². The van der Waals surface area contributed by atoms with Crippen LogP contribution in [0.1, 0.15) is 5.56 Å². The van der Waals surface area contributed by atoms with Crippen LogP contribution in [-0.2, 0) is 20.9 Å². The van der Waals surface area contributed by atoms with E-state index < -0.39 is 0 Å². The van der Waals surface area contributed by atoms with Gasteiger partial charge in [0.05, 0.1) is 12.3 Å². The highest BCUT2D eigenvalue weighted by molar-refractivity contribution is 6.28. The summed E-state index contributed by atoms with van der Waals surface area (Å²) < 4.78 is 5.03. The molecule has 0 saturated carbocycles. The highest BCUT2D eigenvalue weighted by Crippen LogP contribution is 2.24. The number of nitrogens with zero attached hydrogens (tertiary/aromatic N) is 1. The lowest BCUT2D eigenvalue weighted by molar-refractivity contribution is -0.120. The molecular formula is C12H11NO3. The first-order valence-electron chi connectivity index (χ1n) is 4.87. The maximum Gasteiger partial charge on any atom is 0.258 e. The van der Waals surface area contributed by atoms with Crippen molar-refractivity contribution in [1.82, 2.24) is 0 Å². The molecule has 0 N–H and O–H groups in total. The van der Waals surface area contributed by atoms with E-state index in [2.05, 4.69) is 0 Å². The number of anilines is 1. The average molecular weight is 217 g/mol. The molecule has 2 rings (SSSR count). The number of imide groups is 1. The summed E-state index contributed by atoms with van der Waals surface area (Å²) in [5.41, 5.74) is 1.40. The minimum atomic E-state index is -0.312. The third kappa shape index (κ3) is 1.75. The van der Waals surface area contributed by atoms with Gasteiger partial charge in [-0.3, -0.25) is 9.59 Å². The number of rotatable bonds is 3. The van der Waals surface area contributed by atoms with Gasteiger partial charge in [0.1, 0.15) is 0 Å². The molecule has 1 aromatic carbocycles. The van der Waals surface area contributed by atoms with Crippen molar-refractivity contribution in [3.05, 3.63) is 42.0 Å². The van der Waals surface area contributed by atoms with Crippen molar-refractivity contribution >= 4 is 17.5 Å². The van der Waals surface area contributed by atoms with Gasteiger partial charge in [-0.25, -0.2) is 4.90 Å². The van der Waals surface area contributed by atoms with E-state index in [1.54, 1.807) is 19.2 Å². The van der Waals surface area contributed by atoms with Gasteiger partial charge >= 0.3 is 0 Å². The van der Waals surface area contributed by atoms with E-state index in [1.807, 2.05) is 12.1 Å². The fourth-order valence-corrected chi connectivity index (χ4v) is 1.64. The molecule has 0 aromatic heterocycles. The van der Waals surface area contributed by atoms with Gasteiger partial charge in [0.25, 0.3) is 11.8 Å². The molecule has 0 unspecified atom stereocenters. The molecule has 4 heteroatoms. The maximum atomic E-state index is 11.5. The molecule has 0 atom stereocenters. The summed E-state index contributed by atoms with van der Waals surface area (Å²) >= 11 is 0. The molecule has 0 saturated heterocycles. The third-order valence-electron chi connectivity index (χ3n) is 2.34. The lowest BCUT2D eigenvalue weighted by Gasteiger charge is -2.17. The summed E-state index contributed by atoms with van der Waals surface area (Å²) in [5, 5.41) is 0. The number of benzene rings is 1. The quantitative estimate of drug-likeness (QED) is 0.716. The predicted octanol–water partition coefficient (Wildman–Crippen LogP) is 1.26. The third-order valence-corrected chi connectivity index (χ3v) is 2.34. The van der Waals surface area contributed by atoms with Gasteiger partial charge < -0.3 is 4.74 Å². The van der Waals surface area contributed by atoms with E-state index in [0.29, 0.717) is 12.3 Å². The normalized spacial score (nSPS) is 14.9. The molecule has 1 aliphatic rings. The number of para-hydroxylation sites is 1. The summed E-state index contributed by atoms with van der Waals surface area (Å²) in [4.78, 5) is 24.2. The van der Waals surface area contributed by atoms with Crippen molar-refractivity contribution in [3.8, 4) is 0 Å². The molecule has 4 nitrogen and oxygen atoms in total. The van der Waals surface area contributed by atoms with Crippen molar-refractivity contribution in [1.29, 1.82) is 0 Å². The SMILES string of the molecule is COCc1ccccc1N1C(=O)C=CC1=O. The van der Waals surface area contributed by atoms with Crippen LogP contribution in [0.15, 0.2) is 36.4 Å². The van der Waals surface area contributed by atoms with Gasteiger partial charge in [0.2, 0.25) is 0 Å². The van der Waals surface area contributed by atoms with Gasteiger partial charge in [-0.1, -0.05) is 18.2 Å². The maximum absolute atomic E-state index is 11.5. The van der Waals surface area contributed by atoms with Crippen LogP contribution in [0.4, 0.5) is 5.69 Å². The van der Waals surface area contributed by atoms with Gasteiger partial charge in [0.15, 0.2) is 0 Å². The van der Waals surface area contributed by atoms with Crippen molar-refractivity contribution in [3.63, 3.8) is 0 Å². The number of hydrogen-bond donors (Lipinski definition) is 0. The van der Waals surface area contributed by atoms with Crippen LogP contribution in [0.25, 0.3) is 0 Å². The smallest absolute Gasteiger partial charge is 0.258 e. The second-order valence-corrected chi connectivity index (χ2v) is 3.41. The van der Waals surface area contributed by atoms with Gasteiger partial charge in [-0.05, 0) is 6.07 Å². The van der Waals surface area contributed by atoms with Crippen LogP contribution in [0.5, 0.6) is 0 Å². The van der Waals surface area contributed by atoms with Crippen molar-refractivity contribution in [2.24, 2.45) is 0 Å². The van der Waals surface area contributed by atoms with Crippen molar-refractivity contribution in [2.45, 2.75) is 6.61 Å². The summed E-state index contributed by atoms with van der Waals surface area (Å²) in [6.45, 7) is 0.368. The Kier molecular flexibility index (Phi) is 2.83. The molecule has 1 aliphatic heterocycles. The van der Waals surface area contributed by atoms with Crippen molar-refractivity contribution in [2.75, 3.05) is 12.0 Å². The van der Waals surface area contributed by atoms with Crippen molar-refractivity contribution < 1.29 is 14.3 Å². The second kappa shape index (κ2) is 4.28. The second-order valence-electron chi connectivity index (χ2n) is 3.41. The minimum Gasteiger partial charge on any atom is -0.380 e. The minimum absolute atomic E-state index is 0.312. The summed E-state index contributed by atoms with van der Waals surface area (Å²) in [6, 6.07) is 7.19. The zero-order valence-electron chi connectivity index (χ0n) is 8.84. The van der Waals surface area contributed by atoms with Crippen LogP contribution >= 0.6 is 0 Å². The number of carbonyl (C=O) groups excluding carboxylic acids is 2. The molecule has 2 amide bonds. The molecule has 0 bridgehead atoms. The Morgan fingerprint density at radius 3 is 2.38 bits per heavy atom. The first-order valence-corrected chi connectivity index (χ1v) is 4.87. The number of hydrogen-bond acceptors (Lipinski definition) is 3. The van der Waals surface area contributed by atoms with Crippen LogP contribution in [0.3, 0.4) is 0 Å². The molecule has 82 valence electrons.